The molecule has 0 aliphatic heterocycles. The Morgan fingerprint density at radius 2 is 1.62 bits per heavy atom. The fourth-order valence-electron chi connectivity index (χ4n) is 4.74. The Hall–Kier alpha value is -4.87. The zero-order valence-electron chi connectivity index (χ0n) is 24.8. The molecule has 0 aliphatic carbocycles. The van der Waals surface area contributed by atoms with E-state index in [1.54, 1.807) is 65.6 Å². The van der Waals surface area contributed by atoms with Crippen LogP contribution in [-0.2, 0) is 27.8 Å². The lowest BCUT2D eigenvalue weighted by Gasteiger charge is -2.23. The number of nitrogens with one attached hydrogen (secondary N) is 2. The Kier molecular flexibility index (Phi) is 11.2. The van der Waals surface area contributed by atoms with Crippen molar-refractivity contribution in [2.45, 2.75) is 44.0 Å². The summed E-state index contributed by atoms with van der Waals surface area (Å²) in [7, 11) is -3.90. The molecule has 4 rings (SSSR count). The van der Waals surface area contributed by atoms with Gasteiger partial charge in [-0.25, -0.2) is 22.7 Å². The number of hydrogen-bond donors (Lipinski definition) is 3. The average Bonchev–Trinajstić information content (AvgIpc) is 3.02. The summed E-state index contributed by atoms with van der Waals surface area (Å²) in [5.41, 5.74) is 3.15. The van der Waals surface area contributed by atoms with Crippen LogP contribution in [0.15, 0.2) is 102 Å². The van der Waals surface area contributed by atoms with Crippen molar-refractivity contribution in [2.24, 2.45) is 5.14 Å². The van der Waals surface area contributed by atoms with Crippen molar-refractivity contribution in [1.29, 1.82) is 5.41 Å². The Morgan fingerprint density at radius 1 is 0.911 bits per heavy atom. The van der Waals surface area contributed by atoms with Crippen LogP contribution in [0.5, 0.6) is 5.75 Å². The van der Waals surface area contributed by atoms with Gasteiger partial charge in [-0.2, -0.15) is 0 Å². The van der Waals surface area contributed by atoms with Crippen molar-refractivity contribution >= 4 is 27.9 Å². The molecular weight excluding hydrogens is 595 g/mol. The summed E-state index contributed by atoms with van der Waals surface area (Å²) in [6.07, 6.45) is 2.06. The molecule has 4 aromatic rings. The largest absolute Gasteiger partial charge is 0.418 e. The van der Waals surface area contributed by atoms with Crippen LogP contribution < -0.4 is 15.2 Å². The van der Waals surface area contributed by atoms with Gasteiger partial charge in [-0.3, -0.25) is 15.5 Å². The van der Waals surface area contributed by atoms with E-state index in [1.165, 1.54) is 18.2 Å². The van der Waals surface area contributed by atoms with Crippen LogP contribution in [0.1, 0.15) is 42.9 Å². The molecule has 0 radical (unpaired) electrons. The second-order valence-corrected chi connectivity index (χ2v) is 12.0. The maximum Gasteiger partial charge on any atom is 0.418 e. The number of sulfonamides is 1. The zero-order valence-corrected chi connectivity index (χ0v) is 25.6. The van der Waals surface area contributed by atoms with E-state index < -0.39 is 21.9 Å². The predicted molar refractivity (Wildman–Crippen MR) is 171 cm³/mol. The summed E-state index contributed by atoms with van der Waals surface area (Å²) in [5.74, 6) is -0.585. The molecule has 0 saturated heterocycles. The van der Waals surface area contributed by atoms with Crippen LogP contribution in [0.4, 0.5) is 9.18 Å². The maximum atomic E-state index is 13.5. The molecule has 0 saturated carbocycles. The number of hydrogen-bond acceptors (Lipinski definition) is 6. The van der Waals surface area contributed by atoms with E-state index in [2.05, 4.69) is 12.2 Å². The van der Waals surface area contributed by atoms with Crippen LogP contribution in [-0.4, -0.2) is 37.7 Å². The molecule has 11 heteroatoms. The monoisotopic (exact) mass is 630 g/mol. The third kappa shape index (κ3) is 9.56. The van der Waals surface area contributed by atoms with Gasteiger partial charge in [0.05, 0.1) is 11.3 Å². The highest BCUT2D eigenvalue weighted by atomic mass is 32.2. The number of primary sulfonamides is 1. The fourth-order valence-corrected chi connectivity index (χ4v) is 5.50. The number of unbranched alkanes of at least 4 members (excludes halogenated alkanes) is 2. The summed E-state index contributed by atoms with van der Waals surface area (Å²) >= 11 is 0. The van der Waals surface area contributed by atoms with Crippen molar-refractivity contribution in [3.8, 4) is 16.9 Å². The molecule has 0 heterocycles. The van der Waals surface area contributed by atoms with Gasteiger partial charge in [-0.05, 0) is 59.5 Å². The molecule has 2 amide bonds. The second-order valence-electron chi connectivity index (χ2n) is 10.5. The molecule has 4 aromatic carbocycles. The summed E-state index contributed by atoms with van der Waals surface area (Å²) in [5, 5.41) is 16.1. The van der Waals surface area contributed by atoms with Gasteiger partial charge in [-0.15, -0.1) is 0 Å². The van der Waals surface area contributed by atoms with E-state index in [1.807, 2.05) is 6.07 Å². The number of carbonyl (C=O) groups excluding carboxylic acids is 2. The number of halogens is 1. The third-order valence-electron chi connectivity index (χ3n) is 7.04. The van der Waals surface area contributed by atoms with Gasteiger partial charge >= 0.3 is 6.09 Å². The lowest BCUT2D eigenvalue weighted by atomic mass is 10.0. The number of nitrogens with two attached hydrogens (primary N) is 1. The Balaban J connectivity index is 1.43. The average molecular weight is 631 g/mol. The maximum absolute atomic E-state index is 13.5. The molecule has 0 spiro atoms. The molecule has 0 aromatic heterocycles. The number of rotatable bonds is 12. The first kappa shape index (κ1) is 33.0. The smallest absolute Gasteiger partial charge is 0.410 e. The van der Waals surface area contributed by atoms with Gasteiger partial charge in [0.25, 0.3) is 0 Å². The van der Waals surface area contributed by atoms with E-state index in [4.69, 9.17) is 15.3 Å². The number of nitrogens with zero attached hydrogens (tertiary/aromatic N) is 1. The number of carbonyl (C=O) groups is 2. The Morgan fingerprint density at radius 3 is 2.31 bits per heavy atom. The summed E-state index contributed by atoms with van der Waals surface area (Å²) in [4.78, 5) is 27.6. The first-order valence-electron chi connectivity index (χ1n) is 14.4. The number of amidine groups is 1. The first-order chi connectivity index (χ1) is 21.5. The fraction of sp³-hybridized carbons (Fsp3) is 0.206. The van der Waals surface area contributed by atoms with Gasteiger partial charge in [0, 0.05) is 24.2 Å². The molecule has 0 atom stereocenters. The highest BCUT2D eigenvalue weighted by Crippen LogP contribution is 2.27. The first-order valence-corrected chi connectivity index (χ1v) is 16.0. The van der Waals surface area contributed by atoms with E-state index in [9.17, 15) is 22.4 Å². The molecule has 9 nitrogen and oxygen atoms in total. The number of ether oxygens (including phenoxy) is 1. The summed E-state index contributed by atoms with van der Waals surface area (Å²) < 4.78 is 42.3. The van der Waals surface area contributed by atoms with Crippen LogP contribution in [0.3, 0.4) is 0 Å². The van der Waals surface area contributed by atoms with E-state index in [0.717, 1.165) is 42.5 Å². The van der Waals surface area contributed by atoms with Gasteiger partial charge in [0.15, 0.2) is 0 Å². The minimum atomic E-state index is -3.90. The molecule has 0 fully saturated rings. The molecule has 45 heavy (non-hydrogen) atoms. The SMILES string of the molecule is CCCCCN(Cc1cccc(C(=N)NC(=O)Oc2ccc(F)cc2)c1)C(=O)Cc1ccc(-c2ccccc2S(N)(=O)=O)cc1. The van der Waals surface area contributed by atoms with Crippen LogP contribution in [0.25, 0.3) is 11.1 Å². The lowest BCUT2D eigenvalue weighted by molar-refractivity contribution is -0.131. The van der Waals surface area contributed by atoms with Crippen LogP contribution >= 0.6 is 0 Å². The normalized spacial score (nSPS) is 11.1. The second kappa shape index (κ2) is 15.2. The Labute approximate surface area is 262 Å². The number of amides is 2. The minimum absolute atomic E-state index is 0.0335. The molecule has 0 bridgehead atoms. The van der Waals surface area contributed by atoms with Crippen molar-refractivity contribution in [2.75, 3.05) is 6.54 Å². The van der Waals surface area contributed by atoms with E-state index in [-0.39, 0.29) is 28.8 Å². The topological polar surface area (TPSA) is 143 Å². The third-order valence-corrected chi connectivity index (χ3v) is 8.01. The molecule has 0 aliphatic rings. The summed E-state index contributed by atoms with van der Waals surface area (Å²) in [6.45, 7) is 2.95. The zero-order chi connectivity index (χ0) is 32.4. The molecular formula is C34H35FN4O5S. The summed E-state index contributed by atoms with van der Waals surface area (Å²) in [6, 6.07) is 25.6. The molecule has 234 valence electrons. The van der Waals surface area contributed by atoms with Crippen molar-refractivity contribution in [1.82, 2.24) is 10.2 Å². The van der Waals surface area contributed by atoms with Gasteiger partial charge < -0.3 is 9.64 Å². The van der Waals surface area contributed by atoms with Crippen LogP contribution in [0, 0.1) is 11.2 Å². The standard InChI is InChI=1S/C34H35FN4O5S/c1-2-3-6-20-39(32(40)22-24-12-14-26(15-13-24)30-10-4-5-11-31(30)45(37,42)43)23-25-8-7-9-27(21-25)33(36)38-34(41)44-29-18-16-28(35)17-19-29/h4-5,7-19,21H,2-3,6,20,22-23H2,1H3,(H2,36,38,41)(H2,37,42,43). The highest BCUT2D eigenvalue weighted by Gasteiger charge is 2.18. The predicted octanol–water partition coefficient (Wildman–Crippen LogP) is 6.02. The highest BCUT2D eigenvalue weighted by molar-refractivity contribution is 7.89. The Bertz CT molecular complexity index is 1760. The van der Waals surface area contributed by atoms with E-state index in [0.29, 0.717) is 29.8 Å². The van der Waals surface area contributed by atoms with E-state index >= 15 is 0 Å². The van der Waals surface area contributed by atoms with Gasteiger partial charge in [0.2, 0.25) is 15.9 Å². The quantitative estimate of drug-likeness (QED) is 0.0998. The van der Waals surface area contributed by atoms with Crippen molar-refractivity contribution in [3.63, 3.8) is 0 Å². The van der Waals surface area contributed by atoms with Gasteiger partial charge in [-0.1, -0.05) is 80.4 Å². The van der Waals surface area contributed by atoms with Crippen molar-refractivity contribution in [3.05, 3.63) is 120 Å². The van der Waals surface area contributed by atoms with Crippen molar-refractivity contribution < 1.29 is 27.1 Å². The van der Waals surface area contributed by atoms with Crippen LogP contribution in [0.2, 0.25) is 0 Å². The lowest BCUT2D eigenvalue weighted by Crippen LogP contribution is -2.34. The van der Waals surface area contributed by atoms with Gasteiger partial charge in [0.1, 0.15) is 17.4 Å². The molecule has 4 N–H and O–H groups in total. The minimum Gasteiger partial charge on any atom is -0.410 e. The number of benzene rings is 4. The molecule has 0 unspecified atom stereocenters.